The van der Waals surface area contributed by atoms with Crippen molar-refractivity contribution in [2.24, 2.45) is 0 Å². The van der Waals surface area contributed by atoms with E-state index in [-0.39, 0.29) is 6.61 Å². The standard InChI is InChI=1S/C6H8O4P/c1-3-4-5-10-11(8)6(7)9-2/h5H2,1-2H3/q+1. The van der Waals surface area contributed by atoms with Crippen molar-refractivity contribution in [1.29, 1.82) is 0 Å². The van der Waals surface area contributed by atoms with Gasteiger partial charge in [0.25, 0.3) is 0 Å². The third kappa shape index (κ3) is 4.49. The van der Waals surface area contributed by atoms with Crippen molar-refractivity contribution in [2.75, 3.05) is 13.7 Å². The maximum Gasteiger partial charge on any atom is 0.637 e. The molecule has 0 rings (SSSR count). The molecule has 1 atom stereocenters. The van der Waals surface area contributed by atoms with Crippen molar-refractivity contribution in [2.45, 2.75) is 6.92 Å². The van der Waals surface area contributed by atoms with Crippen LogP contribution in [0.2, 0.25) is 0 Å². The first-order chi connectivity index (χ1) is 5.22. The molecule has 5 heteroatoms. The van der Waals surface area contributed by atoms with E-state index in [2.05, 4.69) is 21.1 Å². The van der Waals surface area contributed by atoms with Crippen LogP contribution in [-0.2, 0) is 13.8 Å². The molecule has 0 radical (unpaired) electrons. The Balaban J connectivity index is 3.67. The van der Waals surface area contributed by atoms with E-state index in [1.807, 2.05) is 0 Å². The van der Waals surface area contributed by atoms with Gasteiger partial charge in [-0.05, 0) is 11.5 Å². The predicted molar refractivity (Wildman–Crippen MR) is 39.4 cm³/mol. The lowest BCUT2D eigenvalue weighted by molar-refractivity contribution is 0.193. The SMILES string of the molecule is CC#CCO[P+](=O)C(=O)OC. The van der Waals surface area contributed by atoms with E-state index in [0.29, 0.717) is 0 Å². The summed E-state index contributed by atoms with van der Waals surface area (Å²) in [7, 11) is -1.22. The molecule has 0 fully saturated rings. The van der Waals surface area contributed by atoms with Gasteiger partial charge in [-0.2, -0.15) is 4.79 Å². The largest absolute Gasteiger partial charge is 0.637 e. The number of methoxy groups -OCH3 is 1. The molecule has 60 valence electrons. The first kappa shape index (κ1) is 10.1. The van der Waals surface area contributed by atoms with Gasteiger partial charge in [-0.25, -0.2) is 0 Å². The van der Waals surface area contributed by atoms with Crippen LogP contribution in [0.15, 0.2) is 0 Å². The van der Waals surface area contributed by atoms with E-state index in [4.69, 9.17) is 0 Å². The van der Waals surface area contributed by atoms with Gasteiger partial charge in [0.2, 0.25) is 0 Å². The molecule has 11 heavy (non-hydrogen) atoms. The Kier molecular flexibility index (Phi) is 5.36. The zero-order valence-corrected chi connectivity index (χ0v) is 7.18. The monoisotopic (exact) mass is 175 g/mol. The fourth-order valence-electron chi connectivity index (χ4n) is 0.290. The number of rotatable bonds is 3. The molecule has 0 N–H and O–H groups in total. The molecule has 0 saturated heterocycles. The molecule has 4 nitrogen and oxygen atoms in total. The lowest BCUT2D eigenvalue weighted by Crippen LogP contribution is -1.93. The molecule has 0 bridgehead atoms. The molecule has 0 aromatic carbocycles. The Bertz CT molecular complexity index is 212. The second kappa shape index (κ2) is 5.84. The zero-order valence-electron chi connectivity index (χ0n) is 6.29. The van der Waals surface area contributed by atoms with E-state index >= 15 is 0 Å². The summed E-state index contributed by atoms with van der Waals surface area (Å²) in [5, 5.41) is 0. The second-order valence-electron chi connectivity index (χ2n) is 1.43. The van der Waals surface area contributed by atoms with E-state index in [1.54, 1.807) is 6.92 Å². The molecular formula is C6H8O4P+. The lowest BCUT2D eigenvalue weighted by atomic mass is 10.6. The lowest BCUT2D eigenvalue weighted by Gasteiger charge is -1.81. The molecule has 0 aliphatic heterocycles. The number of ether oxygens (including phenoxy) is 1. The summed E-state index contributed by atoms with van der Waals surface area (Å²) in [5.74, 6) is 5.02. The minimum Gasteiger partial charge on any atom is -0.429 e. The maximum atomic E-state index is 10.6. The number of hydrogen-bond donors (Lipinski definition) is 0. The average Bonchev–Trinajstić information content (AvgIpc) is 2.03. The average molecular weight is 175 g/mol. The molecule has 0 aliphatic rings. The van der Waals surface area contributed by atoms with Crippen LogP contribution in [0, 0.1) is 11.8 Å². The van der Waals surface area contributed by atoms with Gasteiger partial charge in [0.05, 0.1) is 7.11 Å². The predicted octanol–water partition coefficient (Wildman–Crippen LogP) is 1.54. The topological polar surface area (TPSA) is 52.6 Å². The van der Waals surface area contributed by atoms with Crippen LogP contribution in [0.25, 0.3) is 0 Å². The van der Waals surface area contributed by atoms with Crippen LogP contribution < -0.4 is 0 Å². The summed E-state index contributed by atoms with van der Waals surface area (Å²) in [5.41, 5.74) is -0.863. The summed E-state index contributed by atoms with van der Waals surface area (Å²) >= 11 is 0. The molecule has 0 heterocycles. The number of carbonyl (C=O) groups excluding carboxylic acids is 1. The van der Waals surface area contributed by atoms with E-state index in [1.165, 1.54) is 0 Å². The minimum atomic E-state index is -2.37. The maximum absolute atomic E-state index is 10.6. The molecule has 0 saturated carbocycles. The van der Waals surface area contributed by atoms with Gasteiger partial charge in [0.15, 0.2) is 6.61 Å². The Morgan fingerprint density at radius 1 is 1.64 bits per heavy atom. The highest BCUT2D eigenvalue weighted by atomic mass is 31.1. The molecule has 1 unspecified atom stereocenters. The second-order valence-corrected chi connectivity index (χ2v) is 2.56. The van der Waals surface area contributed by atoms with E-state index in [9.17, 15) is 9.36 Å². The van der Waals surface area contributed by atoms with Crippen LogP contribution in [-0.4, -0.2) is 19.4 Å². The van der Waals surface area contributed by atoms with Gasteiger partial charge in [-0.15, -0.1) is 10.4 Å². The molecule has 0 amide bonds. The highest BCUT2D eigenvalue weighted by molar-refractivity contribution is 7.58. The summed E-state index contributed by atoms with van der Waals surface area (Å²) in [6.07, 6.45) is 0. The molecular weight excluding hydrogens is 167 g/mol. The fraction of sp³-hybridized carbons (Fsp3) is 0.500. The van der Waals surface area contributed by atoms with Crippen LogP contribution in [0.3, 0.4) is 0 Å². The Morgan fingerprint density at radius 3 is 2.73 bits per heavy atom. The Morgan fingerprint density at radius 2 is 2.27 bits per heavy atom. The first-order valence-electron chi connectivity index (χ1n) is 2.80. The van der Waals surface area contributed by atoms with Crippen LogP contribution in [0.4, 0.5) is 4.79 Å². The molecule has 0 aromatic rings. The zero-order chi connectivity index (χ0) is 8.69. The van der Waals surface area contributed by atoms with Gasteiger partial charge in [-0.3, -0.25) is 0 Å². The third-order valence-corrected chi connectivity index (χ3v) is 1.60. The van der Waals surface area contributed by atoms with Crippen molar-refractivity contribution in [3.8, 4) is 11.8 Å². The smallest absolute Gasteiger partial charge is 0.429 e. The van der Waals surface area contributed by atoms with Gasteiger partial charge in [0, 0.05) is 0 Å². The third-order valence-electron chi connectivity index (χ3n) is 0.754. The van der Waals surface area contributed by atoms with Gasteiger partial charge >= 0.3 is 13.7 Å². The van der Waals surface area contributed by atoms with Crippen molar-refractivity contribution in [3.63, 3.8) is 0 Å². The fourth-order valence-corrected chi connectivity index (χ4v) is 0.727. The summed E-state index contributed by atoms with van der Waals surface area (Å²) < 4.78 is 19.3. The van der Waals surface area contributed by atoms with Crippen LogP contribution >= 0.6 is 8.03 Å². The molecule has 0 aromatic heterocycles. The minimum absolute atomic E-state index is 0.0131. The van der Waals surface area contributed by atoms with Crippen molar-refractivity contribution < 1.29 is 18.6 Å². The van der Waals surface area contributed by atoms with Crippen molar-refractivity contribution in [3.05, 3.63) is 0 Å². The van der Waals surface area contributed by atoms with Crippen molar-refractivity contribution in [1.82, 2.24) is 0 Å². The highest BCUT2D eigenvalue weighted by Gasteiger charge is 2.32. The summed E-state index contributed by atoms with van der Waals surface area (Å²) in [6.45, 7) is 1.61. The van der Waals surface area contributed by atoms with Gasteiger partial charge in [-0.1, -0.05) is 5.92 Å². The first-order valence-corrected chi connectivity index (χ1v) is 3.97. The molecule has 0 spiro atoms. The normalized spacial score (nSPS) is 9.45. The highest BCUT2D eigenvalue weighted by Crippen LogP contribution is 2.23. The number of hydrogen-bond acceptors (Lipinski definition) is 4. The van der Waals surface area contributed by atoms with Crippen LogP contribution in [0.1, 0.15) is 6.92 Å². The summed E-state index contributed by atoms with van der Waals surface area (Å²) in [6, 6.07) is 0. The number of carbonyl (C=O) groups is 1. The van der Waals surface area contributed by atoms with Gasteiger partial charge in [0.1, 0.15) is 0 Å². The van der Waals surface area contributed by atoms with E-state index in [0.717, 1.165) is 7.11 Å². The van der Waals surface area contributed by atoms with Crippen LogP contribution in [0.5, 0.6) is 0 Å². The Labute approximate surface area is 65.7 Å². The van der Waals surface area contributed by atoms with Crippen molar-refractivity contribution >= 4 is 13.7 Å². The van der Waals surface area contributed by atoms with E-state index < -0.39 is 13.7 Å². The molecule has 0 aliphatic carbocycles. The Hall–Kier alpha value is -0.910. The van der Waals surface area contributed by atoms with Gasteiger partial charge < -0.3 is 4.74 Å². The quantitative estimate of drug-likeness (QED) is 0.482. The summed E-state index contributed by atoms with van der Waals surface area (Å²) in [4.78, 5) is 10.4.